The number of rotatable bonds is 2. The van der Waals surface area contributed by atoms with Gasteiger partial charge in [-0.05, 0) is 30.9 Å². The normalized spacial score (nSPS) is 15.2. The molecule has 1 aromatic heterocycles. The van der Waals surface area contributed by atoms with Crippen LogP contribution in [0, 0.1) is 17.2 Å². The lowest BCUT2D eigenvalue weighted by molar-refractivity contribution is 0.650. The lowest BCUT2D eigenvalue weighted by atomic mass is 10.2. The van der Waals surface area contributed by atoms with Gasteiger partial charge >= 0.3 is 0 Å². The molecule has 4 heteroatoms. The third kappa shape index (κ3) is 1.33. The quantitative estimate of drug-likeness (QED) is 0.826. The van der Waals surface area contributed by atoms with Gasteiger partial charge in [-0.1, -0.05) is 6.07 Å². The summed E-state index contributed by atoms with van der Waals surface area (Å²) in [6.45, 7) is 0.928. The molecule has 0 atom stereocenters. The molecule has 0 unspecified atom stereocenters. The predicted octanol–water partition coefficient (Wildman–Crippen LogP) is 1.90. The Morgan fingerprint density at radius 2 is 2.31 bits per heavy atom. The molecule has 0 spiro atoms. The second kappa shape index (κ2) is 3.24. The number of fused-ring (bicyclic) bond motifs is 1. The molecule has 0 saturated heterocycles. The molecule has 0 bridgehead atoms. The molecule has 1 aliphatic carbocycles. The molecule has 80 valence electrons. The van der Waals surface area contributed by atoms with Crippen LogP contribution in [0.5, 0.6) is 0 Å². The Morgan fingerprint density at radius 1 is 1.50 bits per heavy atom. The molecule has 1 fully saturated rings. The van der Waals surface area contributed by atoms with Crippen LogP contribution in [0.4, 0.5) is 5.95 Å². The summed E-state index contributed by atoms with van der Waals surface area (Å²) in [4.78, 5) is 4.28. The molecule has 0 radical (unpaired) electrons. The Balaban J connectivity index is 2.20. The van der Waals surface area contributed by atoms with Crippen LogP contribution in [0.25, 0.3) is 11.0 Å². The summed E-state index contributed by atoms with van der Waals surface area (Å²) in [6.07, 6.45) is 2.55. The lowest BCUT2D eigenvalue weighted by Gasteiger charge is -2.04. The number of nitrogens with two attached hydrogens (primary N) is 1. The van der Waals surface area contributed by atoms with Crippen LogP contribution in [0.2, 0.25) is 0 Å². The van der Waals surface area contributed by atoms with E-state index in [1.807, 2.05) is 16.7 Å². The first-order chi connectivity index (χ1) is 7.79. The Kier molecular flexibility index (Phi) is 1.87. The number of hydrogen-bond acceptors (Lipinski definition) is 3. The molecule has 1 saturated carbocycles. The highest BCUT2D eigenvalue weighted by Crippen LogP contribution is 2.33. The van der Waals surface area contributed by atoms with Crippen molar-refractivity contribution in [1.82, 2.24) is 9.55 Å². The first kappa shape index (κ1) is 9.22. The first-order valence-electron chi connectivity index (χ1n) is 5.44. The number of nitrogens with zero attached hydrogens (tertiary/aromatic N) is 3. The molecule has 2 aromatic rings. The van der Waals surface area contributed by atoms with Crippen molar-refractivity contribution in [3.8, 4) is 6.07 Å². The van der Waals surface area contributed by atoms with Gasteiger partial charge in [0.15, 0.2) is 0 Å². The predicted molar refractivity (Wildman–Crippen MR) is 61.6 cm³/mol. The third-order valence-electron chi connectivity index (χ3n) is 3.07. The maximum absolute atomic E-state index is 8.99. The van der Waals surface area contributed by atoms with Gasteiger partial charge < -0.3 is 10.3 Å². The van der Waals surface area contributed by atoms with Crippen LogP contribution >= 0.6 is 0 Å². The van der Waals surface area contributed by atoms with Gasteiger partial charge in [0.05, 0.1) is 11.1 Å². The van der Waals surface area contributed by atoms with E-state index < -0.39 is 0 Å². The van der Waals surface area contributed by atoms with E-state index >= 15 is 0 Å². The van der Waals surface area contributed by atoms with E-state index in [9.17, 15) is 0 Å². The van der Waals surface area contributed by atoms with E-state index in [1.165, 1.54) is 12.8 Å². The van der Waals surface area contributed by atoms with Crippen molar-refractivity contribution in [3.05, 3.63) is 23.8 Å². The fourth-order valence-corrected chi connectivity index (χ4v) is 2.01. The van der Waals surface area contributed by atoms with E-state index in [1.54, 1.807) is 6.07 Å². The molecule has 16 heavy (non-hydrogen) atoms. The van der Waals surface area contributed by atoms with E-state index in [4.69, 9.17) is 11.0 Å². The van der Waals surface area contributed by atoms with E-state index in [0.29, 0.717) is 11.5 Å². The number of anilines is 1. The average molecular weight is 212 g/mol. The van der Waals surface area contributed by atoms with Crippen molar-refractivity contribution < 1.29 is 0 Å². The molecular formula is C12H12N4. The highest BCUT2D eigenvalue weighted by atomic mass is 15.2. The zero-order valence-corrected chi connectivity index (χ0v) is 8.85. The molecule has 2 N–H and O–H groups in total. The smallest absolute Gasteiger partial charge is 0.201 e. The summed E-state index contributed by atoms with van der Waals surface area (Å²) in [5, 5.41) is 8.99. The lowest BCUT2D eigenvalue weighted by Crippen LogP contribution is -2.04. The fourth-order valence-electron chi connectivity index (χ4n) is 2.01. The molecule has 4 nitrogen and oxygen atoms in total. The Morgan fingerprint density at radius 3 is 3.00 bits per heavy atom. The van der Waals surface area contributed by atoms with Crippen LogP contribution in [0.15, 0.2) is 18.2 Å². The SMILES string of the molecule is N#Cc1cccc2c1nc(N)n2CC1CC1. The zero-order chi connectivity index (χ0) is 11.1. The van der Waals surface area contributed by atoms with Gasteiger partial charge in [-0.3, -0.25) is 0 Å². The molecule has 0 amide bonds. The van der Waals surface area contributed by atoms with Gasteiger partial charge in [-0.2, -0.15) is 5.26 Å². The second-order valence-electron chi connectivity index (χ2n) is 4.31. The maximum atomic E-state index is 8.99. The van der Waals surface area contributed by atoms with Crippen LogP contribution in [0.3, 0.4) is 0 Å². The van der Waals surface area contributed by atoms with Crippen LogP contribution in [-0.2, 0) is 6.54 Å². The Bertz CT molecular complexity index is 587. The van der Waals surface area contributed by atoms with Crippen molar-refractivity contribution in [2.75, 3.05) is 5.73 Å². The Labute approximate surface area is 93.3 Å². The van der Waals surface area contributed by atoms with Crippen LogP contribution in [-0.4, -0.2) is 9.55 Å². The monoisotopic (exact) mass is 212 g/mol. The van der Waals surface area contributed by atoms with E-state index in [-0.39, 0.29) is 0 Å². The minimum Gasteiger partial charge on any atom is -0.369 e. The standard InChI is InChI=1S/C12H12N4/c13-6-9-2-1-3-10-11(9)15-12(14)16(10)7-8-4-5-8/h1-3,8H,4-5,7H2,(H2,14,15). The second-order valence-corrected chi connectivity index (χ2v) is 4.31. The zero-order valence-electron chi connectivity index (χ0n) is 8.85. The Hall–Kier alpha value is -2.02. The van der Waals surface area contributed by atoms with Crippen LogP contribution < -0.4 is 5.73 Å². The van der Waals surface area contributed by atoms with Gasteiger partial charge in [0.25, 0.3) is 0 Å². The van der Waals surface area contributed by atoms with Gasteiger partial charge in [0.2, 0.25) is 5.95 Å². The van der Waals surface area contributed by atoms with Gasteiger partial charge in [0, 0.05) is 6.54 Å². The highest BCUT2D eigenvalue weighted by molar-refractivity contribution is 5.83. The van der Waals surface area contributed by atoms with Gasteiger partial charge in [-0.25, -0.2) is 4.98 Å². The minimum atomic E-state index is 0.518. The molecule has 1 aromatic carbocycles. The summed E-state index contributed by atoms with van der Waals surface area (Å²) in [6, 6.07) is 7.78. The fraction of sp³-hybridized carbons (Fsp3) is 0.333. The molecule has 0 aliphatic heterocycles. The number of benzene rings is 1. The number of nitriles is 1. The summed E-state index contributed by atoms with van der Waals surface area (Å²) >= 11 is 0. The van der Waals surface area contributed by atoms with Crippen molar-refractivity contribution >= 4 is 17.0 Å². The number of imidazole rings is 1. The average Bonchev–Trinajstić information content (AvgIpc) is 3.04. The third-order valence-corrected chi connectivity index (χ3v) is 3.07. The van der Waals surface area contributed by atoms with Crippen molar-refractivity contribution in [2.24, 2.45) is 5.92 Å². The van der Waals surface area contributed by atoms with Gasteiger partial charge in [0.1, 0.15) is 11.6 Å². The molecule has 1 aliphatic rings. The summed E-state index contributed by atoms with van der Waals surface area (Å²) in [7, 11) is 0. The summed E-state index contributed by atoms with van der Waals surface area (Å²) in [5.74, 6) is 1.26. The molecule has 3 rings (SSSR count). The van der Waals surface area contributed by atoms with Crippen molar-refractivity contribution in [1.29, 1.82) is 5.26 Å². The number of nitrogen functional groups attached to an aromatic ring is 1. The van der Waals surface area contributed by atoms with E-state index in [2.05, 4.69) is 11.1 Å². The molecule has 1 heterocycles. The van der Waals surface area contributed by atoms with Crippen LogP contribution in [0.1, 0.15) is 18.4 Å². The summed E-state index contributed by atoms with van der Waals surface area (Å²) in [5.41, 5.74) is 8.19. The summed E-state index contributed by atoms with van der Waals surface area (Å²) < 4.78 is 2.02. The number of para-hydroxylation sites is 1. The van der Waals surface area contributed by atoms with Crippen molar-refractivity contribution in [3.63, 3.8) is 0 Å². The highest BCUT2D eigenvalue weighted by Gasteiger charge is 2.24. The minimum absolute atomic E-state index is 0.518. The largest absolute Gasteiger partial charge is 0.369 e. The number of hydrogen-bond donors (Lipinski definition) is 1. The van der Waals surface area contributed by atoms with E-state index in [0.717, 1.165) is 23.5 Å². The first-order valence-corrected chi connectivity index (χ1v) is 5.44. The maximum Gasteiger partial charge on any atom is 0.201 e. The van der Waals surface area contributed by atoms with Crippen molar-refractivity contribution in [2.45, 2.75) is 19.4 Å². The topological polar surface area (TPSA) is 67.6 Å². The number of aromatic nitrogens is 2. The molecular weight excluding hydrogens is 200 g/mol. The van der Waals surface area contributed by atoms with Gasteiger partial charge in [-0.15, -0.1) is 0 Å².